The van der Waals surface area contributed by atoms with Gasteiger partial charge >= 0.3 is 0 Å². The molecule has 0 atom stereocenters. The molecule has 3 aromatic carbocycles. The standard InChI is InChI=1S/C27H23F2N3O3/c28-19-10-11-20(22(29)16-19)24-17-31-26(35-24)13-12-25(33)32-23-9-5-4-8-21(23)27(34)30-15-14-18-6-2-1-3-7-18/h1-11,16-17H,12-15H2,(H,30,34)(H,32,33). The highest BCUT2D eigenvalue weighted by Gasteiger charge is 2.15. The second-order valence-corrected chi connectivity index (χ2v) is 7.83. The van der Waals surface area contributed by atoms with Gasteiger partial charge in [0.25, 0.3) is 5.91 Å². The van der Waals surface area contributed by atoms with Crippen molar-refractivity contribution in [3.05, 3.63) is 108 Å². The van der Waals surface area contributed by atoms with Crippen LogP contribution < -0.4 is 10.6 Å². The van der Waals surface area contributed by atoms with Crippen molar-refractivity contribution in [1.29, 1.82) is 0 Å². The summed E-state index contributed by atoms with van der Waals surface area (Å²) in [5, 5.41) is 5.63. The number of nitrogens with zero attached hydrogens (tertiary/aromatic N) is 1. The van der Waals surface area contributed by atoms with Gasteiger partial charge in [0.15, 0.2) is 11.7 Å². The highest BCUT2D eigenvalue weighted by molar-refractivity contribution is 6.03. The lowest BCUT2D eigenvalue weighted by atomic mass is 10.1. The number of aryl methyl sites for hydroxylation is 1. The number of para-hydroxylation sites is 1. The summed E-state index contributed by atoms with van der Waals surface area (Å²) in [6.45, 7) is 0.465. The van der Waals surface area contributed by atoms with Crippen LogP contribution in [0.2, 0.25) is 0 Å². The Labute approximate surface area is 201 Å². The normalized spacial score (nSPS) is 10.7. The average molecular weight is 475 g/mol. The molecular formula is C27H23F2N3O3. The molecule has 4 rings (SSSR count). The second-order valence-electron chi connectivity index (χ2n) is 7.83. The number of oxazole rings is 1. The first-order valence-corrected chi connectivity index (χ1v) is 11.1. The van der Waals surface area contributed by atoms with E-state index in [1.807, 2.05) is 30.3 Å². The maximum absolute atomic E-state index is 13.9. The molecule has 178 valence electrons. The summed E-state index contributed by atoms with van der Waals surface area (Å²) >= 11 is 0. The lowest BCUT2D eigenvalue weighted by Gasteiger charge is -2.11. The van der Waals surface area contributed by atoms with Crippen molar-refractivity contribution in [2.24, 2.45) is 0 Å². The zero-order chi connectivity index (χ0) is 24.6. The van der Waals surface area contributed by atoms with Crippen LogP contribution in [0.5, 0.6) is 0 Å². The van der Waals surface area contributed by atoms with Gasteiger partial charge in [0.1, 0.15) is 11.6 Å². The number of hydrogen-bond donors (Lipinski definition) is 2. The smallest absolute Gasteiger partial charge is 0.253 e. The third-order valence-corrected chi connectivity index (χ3v) is 5.30. The number of halogens is 2. The summed E-state index contributed by atoms with van der Waals surface area (Å²) in [6, 6.07) is 19.7. The molecule has 0 unspecified atom stereocenters. The van der Waals surface area contributed by atoms with Crippen LogP contribution in [-0.2, 0) is 17.6 Å². The first-order chi connectivity index (χ1) is 17.0. The van der Waals surface area contributed by atoms with Gasteiger partial charge in [0.05, 0.1) is 23.0 Å². The number of hydrogen-bond acceptors (Lipinski definition) is 4. The average Bonchev–Trinajstić information content (AvgIpc) is 3.32. The number of amides is 2. The number of anilines is 1. The van der Waals surface area contributed by atoms with Crippen LogP contribution in [0.3, 0.4) is 0 Å². The quantitative estimate of drug-likeness (QED) is 0.350. The highest BCUT2D eigenvalue weighted by Crippen LogP contribution is 2.24. The lowest BCUT2D eigenvalue weighted by molar-refractivity contribution is -0.116. The molecule has 0 radical (unpaired) electrons. The van der Waals surface area contributed by atoms with Crippen LogP contribution in [0.25, 0.3) is 11.3 Å². The predicted octanol–water partition coefficient (Wildman–Crippen LogP) is 5.16. The fraction of sp³-hybridized carbons (Fsp3) is 0.148. The monoisotopic (exact) mass is 475 g/mol. The minimum Gasteiger partial charge on any atom is -0.441 e. The van der Waals surface area contributed by atoms with E-state index in [-0.39, 0.29) is 41.9 Å². The van der Waals surface area contributed by atoms with E-state index in [4.69, 9.17) is 4.42 Å². The van der Waals surface area contributed by atoms with Crippen molar-refractivity contribution >= 4 is 17.5 Å². The Kier molecular flexibility index (Phi) is 7.62. The van der Waals surface area contributed by atoms with Crippen molar-refractivity contribution in [2.75, 3.05) is 11.9 Å². The molecule has 1 aromatic heterocycles. The Balaban J connectivity index is 1.32. The van der Waals surface area contributed by atoms with Crippen LogP contribution >= 0.6 is 0 Å². The molecule has 2 N–H and O–H groups in total. The van der Waals surface area contributed by atoms with Crippen LogP contribution in [0.15, 0.2) is 83.4 Å². The van der Waals surface area contributed by atoms with E-state index in [1.165, 1.54) is 12.3 Å². The van der Waals surface area contributed by atoms with Gasteiger partial charge in [0.2, 0.25) is 5.91 Å². The van der Waals surface area contributed by atoms with Gasteiger partial charge in [-0.15, -0.1) is 0 Å². The minimum atomic E-state index is -0.760. The number of carbonyl (C=O) groups excluding carboxylic acids is 2. The van der Waals surface area contributed by atoms with E-state index in [0.29, 0.717) is 24.2 Å². The zero-order valence-corrected chi connectivity index (χ0v) is 18.8. The van der Waals surface area contributed by atoms with Gasteiger partial charge in [0, 0.05) is 25.5 Å². The molecular weight excluding hydrogens is 452 g/mol. The van der Waals surface area contributed by atoms with Crippen molar-refractivity contribution in [1.82, 2.24) is 10.3 Å². The molecule has 0 aliphatic carbocycles. The van der Waals surface area contributed by atoms with Crippen LogP contribution in [0.4, 0.5) is 14.5 Å². The Hall–Kier alpha value is -4.33. The van der Waals surface area contributed by atoms with Crippen LogP contribution in [0, 0.1) is 11.6 Å². The topological polar surface area (TPSA) is 84.2 Å². The van der Waals surface area contributed by atoms with E-state index in [0.717, 1.165) is 17.7 Å². The Bertz CT molecular complexity index is 1320. The van der Waals surface area contributed by atoms with Gasteiger partial charge in [-0.25, -0.2) is 13.8 Å². The highest BCUT2D eigenvalue weighted by atomic mass is 19.1. The molecule has 0 saturated heterocycles. The third kappa shape index (κ3) is 6.38. The number of benzene rings is 3. The molecule has 35 heavy (non-hydrogen) atoms. The summed E-state index contributed by atoms with van der Waals surface area (Å²) in [7, 11) is 0. The lowest BCUT2D eigenvalue weighted by Crippen LogP contribution is -2.27. The molecule has 2 amide bonds. The molecule has 0 fully saturated rings. The molecule has 0 aliphatic heterocycles. The molecule has 0 spiro atoms. The van der Waals surface area contributed by atoms with E-state index in [9.17, 15) is 18.4 Å². The van der Waals surface area contributed by atoms with Gasteiger partial charge in [-0.1, -0.05) is 42.5 Å². The van der Waals surface area contributed by atoms with E-state index >= 15 is 0 Å². The summed E-state index contributed by atoms with van der Waals surface area (Å²) in [5.74, 6) is -1.67. The van der Waals surface area contributed by atoms with Gasteiger partial charge in [-0.3, -0.25) is 9.59 Å². The first kappa shape index (κ1) is 23.8. The van der Waals surface area contributed by atoms with Crippen molar-refractivity contribution in [2.45, 2.75) is 19.3 Å². The number of carbonyl (C=O) groups is 2. The predicted molar refractivity (Wildman–Crippen MR) is 128 cm³/mol. The van der Waals surface area contributed by atoms with Gasteiger partial charge in [-0.05, 0) is 36.2 Å². The fourth-order valence-electron chi connectivity index (χ4n) is 3.52. The van der Waals surface area contributed by atoms with E-state index in [1.54, 1.807) is 24.3 Å². The van der Waals surface area contributed by atoms with Gasteiger partial charge in [-0.2, -0.15) is 0 Å². The van der Waals surface area contributed by atoms with Crippen molar-refractivity contribution < 1.29 is 22.8 Å². The third-order valence-electron chi connectivity index (χ3n) is 5.30. The molecule has 0 saturated carbocycles. The van der Waals surface area contributed by atoms with Crippen LogP contribution in [0.1, 0.15) is 28.2 Å². The SMILES string of the molecule is O=C(CCc1ncc(-c2ccc(F)cc2F)o1)Nc1ccccc1C(=O)NCCc1ccccc1. The number of nitrogens with one attached hydrogen (secondary N) is 2. The fourth-order valence-corrected chi connectivity index (χ4v) is 3.52. The molecule has 1 heterocycles. The summed E-state index contributed by atoms with van der Waals surface area (Å²) in [4.78, 5) is 29.2. The number of aromatic nitrogens is 1. The van der Waals surface area contributed by atoms with Crippen molar-refractivity contribution in [3.63, 3.8) is 0 Å². The minimum absolute atomic E-state index is 0.0375. The molecule has 8 heteroatoms. The molecule has 4 aromatic rings. The molecule has 0 aliphatic rings. The Morgan fingerprint density at radius 3 is 2.49 bits per heavy atom. The second kappa shape index (κ2) is 11.2. The molecule has 6 nitrogen and oxygen atoms in total. The summed E-state index contributed by atoms with van der Waals surface area (Å²) in [5.41, 5.74) is 1.96. The van der Waals surface area contributed by atoms with E-state index < -0.39 is 11.6 Å². The largest absolute Gasteiger partial charge is 0.441 e. The van der Waals surface area contributed by atoms with Crippen molar-refractivity contribution in [3.8, 4) is 11.3 Å². The maximum atomic E-state index is 13.9. The Morgan fingerprint density at radius 2 is 1.69 bits per heavy atom. The number of rotatable bonds is 9. The zero-order valence-electron chi connectivity index (χ0n) is 18.8. The van der Waals surface area contributed by atoms with Crippen LogP contribution in [-0.4, -0.2) is 23.3 Å². The molecule has 0 bridgehead atoms. The summed E-state index contributed by atoms with van der Waals surface area (Å²) < 4.78 is 32.6. The Morgan fingerprint density at radius 1 is 0.914 bits per heavy atom. The maximum Gasteiger partial charge on any atom is 0.253 e. The summed E-state index contributed by atoms with van der Waals surface area (Å²) in [6.07, 6.45) is 2.23. The van der Waals surface area contributed by atoms with Gasteiger partial charge < -0.3 is 15.1 Å². The van der Waals surface area contributed by atoms with E-state index in [2.05, 4.69) is 15.6 Å². The first-order valence-electron chi connectivity index (χ1n) is 11.1.